The van der Waals surface area contributed by atoms with Crippen molar-refractivity contribution in [3.63, 3.8) is 0 Å². The summed E-state index contributed by atoms with van der Waals surface area (Å²) >= 11 is 0. The molecule has 4 nitrogen and oxygen atoms in total. The van der Waals surface area contributed by atoms with Crippen LogP contribution in [0.1, 0.15) is 46.0 Å². The minimum atomic E-state index is -3.11. The minimum Gasteiger partial charge on any atom is -0.299 e. The highest BCUT2D eigenvalue weighted by molar-refractivity contribution is 7.90. The first-order chi connectivity index (χ1) is 7.94. The van der Waals surface area contributed by atoms with Gasteiger partial charge in [-0.3, -0.25) is 4.79 Å². The van der Waals surface area contributed by atoms with Crippen molar-refractivity contribution >= 4 is 15.8 Å². The molecule has 2 fully saturated rings. The van der Waals surface area contributed by atoms with Crippen molar-refractivity contribution in [3.05, 3.63) is 0 Å². The molecular formula is C12H21NO3S. The second-order valence-corrected chi connectivity index (χ2v) is 7.43. The molecule has 0 bridgehead atoms. The molecule has 2 saturated carbocycles. The van der Waals surface area contributed by atoms with Gasteiger partial charge in [0.2, 0.25) is 10.0 Å². The number of rotatable bonds is 5. The Hall–Kier alpha value is -0.420. The zero-order valence-corrected chi connectivity index (χ0v) is 11.3. The van der Waals surface area contributed by atoms with Crippen LogP contribution in [0.4, 0.5) is 0 Å². The average molecular weight is 259 g/mol. The number of sulfonamides is 1. The fourth-order valence-corrected chi connectivity index (χ4v) is 4.37. The Balaban J connectivity index is 1.95. The van der Waals surface area contributed by atoms with E-state index in [4.69, 9.17) is 0 Å². The molecule has 2 aliphatic carbocycles. The van der Waals surface area contributed by atoms with Crippen molar-refractivity contribution in [1.29, 1.82) is 0 Å². The Morgan fingerprint density at radius 3 is 2.47 bits per heavy atom. The molecule has 17 heavy (non-hydrogen) atoms. The van der Waals surface area contributed by atoms with Crippen molar-refractivity contribution < 1.29 is 13.2 Å². The lowest BCUT2D eigenvalue weighted by atomic mass is 9.92. The molecule has 98 valence electrons. The highest BCUT2D eigenvalue weighted by Crippen LogP contribution is 2.35. The SMILES string of the molecule is CCC(=O)C1CC(NS(=O)(=O)C2CC2)CC1C. The van der Waals surface area contributed by atoms with Crippen LogP contribution >= 0.6 is 0 Å². The molecular weight excluding hydrogens is 238 g/mol. The van der Waals surface area contributed by atoms with Crippen LogP contribution in [0, 0.1) is 11.8 Å². The second-order valence-electron chi connectivity index (χ2n) is 5.43. The van der Waals surface area contributed by atoms with Gasteiger partial charge >= 0.3 is 0 Å². The quantitative estimate of drug-likeness (QED) is 0.813. The molecule has 0 aromatic carbocycles. The van der Waals surface area contributed by atoms with Crippen LogP contribution in [0.5, 0.6) is 0 Å². The summed E-state index contributed by atoms with van der Waals surface area (Å²) in [5.41, 5.74) is 0. The Morgan fingerprint density at radius 1 is 1.29 bits per heavy atom. The Bertz CT molecular complexity index is 400. The van der Waals surface area contributed by atoms with Gasteiger partial charge < -0.3 is 0 Å². The van der Waals surface area contributed by atoms with Crippen LogP contribution in [-0.2, 0) is 14.8 Å². The summed E-state index contributed by atoms with van der Waals surface area (Å²) in [6.45, 7) is 3.92. The summed E-state index contributed by atoms with van der Waals surface area (Å²) in [4.78, 5) is 11.7. The van der Waals surface area contributed by atoms with E-state index in [0.717, 1.165) is 19.3 Å². The second kappa shape index (κ2) is 4.69. The van der Waals surface area contributed by atoms with Gasteiger partial charge in [-0.15, -0.1) is 0 Å². The number of Topliss-reactive ketones (excluding diaryl/α,β-unsaturated/α-hetero) is 1. The molecule has 0 saturated heterocycles. The number of ketones is 1. The molecule has 1 N–H and O–H groups in total. The zero-order chi connectivity index (χ0) is 12.6. The predicted octanol–water partition coefficient (Wildman–Crippen LogP) is 1.46. The third-order valence-electron chi connectivity index (χ3n) is 3.94. The zero-order valence-electron chi connectivity index (χ0n) is 10.5. The monoisotopic (exact) mass is 259 g/mol. The minimum absolute atomic E-state index is 0.0314. The molecule has 2 aliphatic rings. The van der Waals surface area contributed by atoms with Gasteiger partial charge in [0, 0.05) is 18.4 Å². The normalized spacial score (nSPS) is 33.9. The molecule has 0 aromatic heterocycles. The fraction of sp³-hybridized carbons (Fsp3) is 0.917. The number of carbonyl (C=O) groups excluding carboxylic acids is 1. The van der Waals surface area contributed by atoms with E-state index in [0.29, 0.717) is 18.8 Å². The Labute approximate surface area is 103 Å². The average Bonchev–Trinajstić information content (AvgIpc) is 3.04. The summed E-state index contributed by atoms with van der Waals surface area (Å²) < 4.78 is 26.4. The van der Waals surface area contributed by atoms with Gasteiger partial charge in [0.1, 0.15) is 5.78 Å². The van der Waals surface area contributed by atoms with Crippen LogP contribution in [0.15, 0.2) is 0 Å². The van der Waals surface area contributed by atoms with Crippen LogP contribution in [0.2, 0.25) is 0 Å². The first-order valence-electron chi connectivity index (χ1n) is 6.48. The molecule has 0 aromatic rings. The lowest BCUT2D eigenvalue weighted by Gasteiger charge is -2.12. The predicted molar refractivity (Wildman–Crippen MR) is 66.1 cm³/mol. The molecule has 0 aliphatic heterocycles. The highest BCUT2D eigenvalue weighted by atomic mass is 32.2. The van der Waals surface area contributed by atoms with Gasteiger partial charge in [0.05, 0.1) is 5.25 Å². The maximum Gasteiger partial charge on any atom is 0.214 e. The van der Waals surface area contributed by atoms with E-state index in [1.807, 2.05) is 13.8 Å². The van der Waals surface area contributed by atoms with Crippen molar-refractivity contribution in [2.45, 2.75) is 57.2 Å². The molecule has 5 heteroatoms. The van der Waals surface area contributed by atoms with E-state index in [1.165, 1.54) is 0 Å². The van der Waals surface area contributed by atoms with Gasteiger partial charge in [-0.2, -0.15) is 0 Å². The van der Waals surface area contributed by atoms with Gasteiger partial charge in [0.15, 0.2) is 0 Å². The molecule has 0 spiro atoms. The Kier molecular flexibility index (Phi) is 3.59. The first kappa shape index (κ1) is 13.0. The fourth-order valence-electron chi connectivity index (χ4n) is 2.76. The number of carbonyl (C=O) groups is 1. The van der Waals surface area contributed by atoms with E-state index in [-0.39, 0.29) is 23.0 Å². The third-order valence-corrected chi connectivity index (χ3v) is 5.95. The molecule has 0 heterocycles. The van der Waals surface area contributed by atoms with Gasteiger partial charge in [-0.25, -0.2) is 13.1 Å². The summed E-state index contributed by atoms with van der Waals surface area (Å²) in [5.74, 6) is 0.617. The topological polar surface area (TPSA) is 63.2 Å². The summed E-state index contributed by atoms with van der Waals surface area (Å²) in [5, 5.41) is -0.168. The van der Waals surface area contributed by atoms with E-state index in [2.05, 4.69) is 4.72 Å². The number of hydrogen-bond acceptors (Lipinski definition) is 3. The lowest BCUT2D eigenvalue weighted by Crippen LogP contribution is -2.35. The molecule has 3 unspecified atom stereocenters. The molecule has 2 rings (SSSR count). The smallest absolute Gasteiger partial charge is 0.214 e. The number of nitrogens with one attached hydrogen (secondary N) is 1. The molecule has 0 amide bonds. The first-order valence-corrected chi connectivity index (χ1v) is 8.02. The Morgan fingerprint density at radius 2 is 1.94 bits per heavy atom. The van der Waals surface area contributed by atoms with Gasteiger partial charge in [-0.1, -0.05) is 13.8 Å². The van der Waals surface area contributed by atoms with Gasteiger partial charge in [0.25, 0.3) is 0 Å². The van der Waals surface area contributed by atoms with Crippen LogP contribution in [-0.4, -0.2) is 25.5 Å². The van der Waals surface area contributed by atoms with E-state index >= 15 is 0 Å². The van der Waals surface area contributed by atoms with Crippen molar-refractivity contribution in [1.82, 2.24) is 4.72 Å². The van der Waals surface area contributed by atoms with Crippen LogP contribution in [0.25, 0.3) is 0 Å². The van der Waals surface area contributed by atoms with Crippen LogP contribution in [0.3, 0.4) is 0 Å². The van der Waals surface area contributed by atoms with E-state index in [9.17, 15) is 13.2 Å². The summed E-state index contributed by atoms with van der Waals surface area (Å²) in [6.07, 6.45) is 3.60. The molecule has 3 atom stereocenters. The van der Waals surface area contributed by atoms with Crippen molar-refractivity contribution in [3.8, 4) is 0 Å². The maximum absolute atomic E-state index is 11.8. The summed E-state index contributed by atoms with van der Waals surface area (Å²) in [7, 11) is -3.11. The van der Waals surface area contributed by atoms with Gasteiger partial charge in [-0.05, 0) is 31.6 Å². The van der Waals surface area contributed by atoms with Crippen molar-refractivity contribution in [2.75, 3.05) is 0 Å². The molecule has 0 radical (unpaired) electrons. The highest BCUT2D eigenvalue weighted by Gasteiger charge is 2.41. The number of hydrogen-bond donors (Lipinski definition) is 1. The largest absolute Gasteiger partial charge is 0.299 e. The summed E-state index contributed by atoms with van der Waals surface area (Å²) in [6, 6.07) is -0.0314. The third kappa shape index (κ3) is 2.88. The lowest BCUT2D eigenvalue weighted by molar-refractivity contribution is -0.123. The van der Waals surface area contributed by atoms with Crippen LogP contribution < -0.4 is 4.72 Å². The van der Waals surface area contributed by atoms with Crippen molar-refractivity contribution in [2.24, 2.45) is 11.8 Å². The maximum atomic E-state index is 11.8. The standard InChI is InChI=1S/C12H21NO3S/c1-3-12(14)11-7-9(6-8(11)2)13-17(15,16)10-4-5-10/h8-11,13H,3-7H2,1-2H3. The van der Waals surface area contributed by atoms with E-state index in [1.54, 1.807) is 0 Å². The van der Waals surface area contributed by atoms with E-state index < -0.39 is 10.0 Å².